The second kappa shape index (κ2) is 5.65. The molecule has 0 amide bonds. The largest absolute Gasteiger partial charge is 0.439 e. The minimum absolute atomic E-state index is 0.293. The Morgan fingerprint density at radius 3 is 2.50 bits per heavy atom. The zero-order valence-corrected chi connectivity index (χ0v) is 13.5. The number of benzene rings is 2. The number of fused-ring (bicyclic) bond motifs is 1. The van der Waals surface area contributed by atoms with Crippen molar-refractivity contribution in [1.82, 2.24) is 4.98 Å². The van der Waals surface area contributed by atoms with Gasteiger partial charge in [0.1, 0.15) is 5.75 Å². The van der Waals surface area contributed by atoms with Crippen molar-refractivity contribution in [2.45, 2.75) is 11.4 Å². The van der Waals surface area contributed by atoms with Gasteiger partial charge in [0.05, 0.1) is 17.1 Å². The zero-order chi connectivity index (χ0) is 16.6. The number of anilines is 1. The van der Waals surface area contributed by atoms with E-state index < -0.39 is 10.0 Å². The molecule has 1 aliphatic heterocycles. The van der Waals surface area contributed by atoms with Crippen LogP contribution < -0.4 is 9.04 Å². The Hall–Kier alpha value is -2.86. The fraction of sp³-hybridized carbons (Fsp3) is 0.0556. The van der Waals surface area contributed by atoms with E-state index in [0.29, 0.717) is 34.3 Å². The minimum atomic E-state index is -3.53. The van der Waals surface area contributed by atoms with Crippen LogP contribution in [-0.4, -0.2) is 13.4 Å². The summed E-state index contributed by atoms with van der Waals surface area (Å²) < 4.78 is 32.5. The number of hydrogen-bond donors (Lipinski definition) is 0. The highest BCUT2D eigenvalue weighted by Crippen LogP contribution is 2.36. The first-order valence-electron chi connectivity index (χ1n) is 7.44. The lowest BCUT2D eigenvalue weighted by atomic mass is 10.2. The smallest absolute Gasteiger partial charge is 0.264 e. The van der Waals surface area contributed by atoms with Crippen LogP contribution in [0.3, 0.4) is 0 Å². The molecular weight excluding hydrogens is 324 g/mol. The Bertz CT molecular complexity index is 974. The van der Waals surface area contributed by atoms with Crippen molar-refractivity contribution in [3.05, 3.63) is 78.5 Å². The van der Waals surface area contributed by atoms with E-state index in [2.05, 4.69) is 4.98 Å². The van der Waals surface area contributed by atoms with Crippen molar-refractivity contribution < 1.29 is 13.2 Å². The van der Waals surface area contributed by atoms with Gasteiger partial charge in [-0.1, -0.05) is 24.3 Å². The third-order valence-electron chi connectivity index (χ3n) is 3.82. The SMILES string of the molecule is O=S1(=O)c2ccc(Oc3ccccn3)cc2CN1c1ccccc1. The molecule has 6 heteroatoms. The van der Waals surface area contributed by atoms with Crippen LogP contribution in [-0.2, 0) is 16.6 Å². The molecule has 5 nitrogen and oxygen atoms in total. The molecule has 0 bridgehead atoms. The highest BCUT2D eigenvalue weighted by atomic mass is 32.2. The highest BCUT2D eigenvalue weighted by molar-refractivity contribution is 7.93. The summed E-state index contributed by atoms with van der Waals surface area (Å²) in [6.45, 7) is 0.293. The lowest BCUT2D eigenvalue weighted by molar-refractivity contribution is 0.462. The second-order valence-electron chi connectivity index (χ2n) is 5.39. The van der Waals surface area contributed by atoms with Gasteiger partial charge < -0.3 is 4.74 Å². The van der Waals surface area contributed by atoms with Crippen molar-refractivity contribution in [3.8, 4) is 11.6 Å². The average molecular weight is 338 g/mol. The lowest BCUT2D eigenvalue weighted by Crippen LogP contribution is -2.23. The van der Waals surface area contributed by atoms with E-state index >= 15 is 0 Å². The fourth-order valence-electron chi connectivity index (χ4n) is 2.71. The third-order valence-corrected chi connectivity index (χ3v) is 5.69. The maximum Gasteiger partial charge on any atom is 0.264 e. The fourth-order valence-corrected chi connectivity index (χ4v) is 4.35. The normalized spacial score (nSPS) is 15.1. The molecule has 0 aliphatic carbocycles. The molecule has 0 fully saturated rings. The molecule has 1 aromatic heterocycles. The summed E-state index contributed by atoms with van der Waals surface area (Å²) in [5.41, 5.74) is 1.37. The van der Waals surface area contributed by atoms with Crippen LogP contribution in [0, 0.1) is 0 Å². The Balaban J connectivity index is 1.68. The van der Waals surface area contributed by atoms with Gasteiger partial charge in [0, 0.05) is 12.3 Å². The van der Waals surface area contributed by atoms with Crippen molar-refractivity contribution in [3.63, 3.8) is 0 Å². The Labute approximate surface area is 140 Å². The molecule has 0 saturated carbocycles. The summed E-state index contributed by atoms with van der Waals surface area (Å²) >= 11 is 0. The molecule has 2 heterocycles. The molecule has 0 atom stereocenters. The average Bonchev–Trinajstić information content (AvgIpc) is 2.87. The summed E-state index contributed by atoms with van der Waals surface area (Å²) in [5, 5.41) is 0. The topological polar surface area (TPSA) is 59.5 Å². The van der Waals surface area contributed by atoms with Crippen LogP contribution >= 0.6 is 0 Å². The summed E-state index contributed by atoms with van der Waals surface area (Å²) in [6, 6.07) is 19.5. The summed E-state index contributed by atoms with van der Waals surface area (Å²) in [7, 11) is -3.53. The molecule has 0 radical (unpaired) electrons. The van der Waals surface area contributed by atoms with Gasteiger partial charge >= 0.3 is 0 Å². The van der Waals surface area contributed by atoms with E-state index in [0.717, 1.165) is 0 Å². The van der Waals surface area contributed by atoms with Crippen molar-refractivity contribution in [1.29, 1.82) is 0 Å². The maximum atomic E-state index is 12.7. The van der Waals surface area contributed by atoms with Gasteiger partial charge in [-0.2, -0.15) is 0 Å². The molecule has 0 N–H and O–H groups in total. The van der Waals surface area contributed by atoms with Gasteiger partial charge in [0.25, 0.3) is 10.0 Å². The number of sulfonamides is 1. The maximum absolute atomic E-state index is 12.7. The van der Waals surface area contributed by atoms with Gasteiger partial charge in [-0.3, -0.25) is 4.31 Å². The number of para-hydroxylation sites is 1. The van der Waals surface area contributed by atoms with E-state index in [1.54, 1.807) is 48.7 Å². The molecule has 0 unspecified atom stereocenters. The van der Waals surface area contributed by atoms with E-state index in [9.17, 15) is 8.42 Å². The first-order chi connectivity index (χ1) is 11.6. The summed E-state index contributed by atoms with van der Waals surface area (Å²) in [4.78, 5) is 4.43. The number of nitrogens with zero attached hydrogens (tertiary/aromatic N) is 2. The molecule has 1 aliphatic rings. The van der Waals surface area contributed by atoms with Crippen LogP contribution in [0.25, 0.3) is 0 Å². The predicted molar refractivity (Wildman–Crippen MR) is 90.6 cm³/mol. The van der Waals surface area contributed by atoms with Crippen LogP contribution in [0.1, 0.15) is 5.56 Å². The molecule has 2 aromatic carbocycles. The molecule has 0 saturated heterocycles. The number of aromatic nitrogens is 1. The number of pyridine rings is 1. The van der Waals surface area contributed by atoms with Gasteiger partial charge in [-0.05, 0) is 42.0 Å². The van der Waals surface area contributed by atoms with Crippen molar-refractivity contribution >= 4 is 15.7 Å². The standard InChI is InChI=1S/C18H14N2O3S/c21-24(22)17-10-9-16(23-18-8-4-5-11-19-18)12-14(17)13-20(24)15-6-2-1-3-7-15/h1-12H,13H2. The molecule has 24 heavy (non-hydrogen) atoms. The monoisotopic (exact) mass is 338 g/mol. The zero-order valence-electron chi connectivity index (χ0n) is 12.7. The first-order valence-corrected chi connectivity index (χ1v) is 8.88. The second-order valence-corrected chi connectivity index (χ2v) is 7.22. The third kappa shape index (κ3) is 2.51. The van der Waals surface area contributed by atoms with Crippen molar-refractivity contribution in [2.24, 2.45) is 0 Å². The molecule has 0 spiro atoms. The molecule has 4 rings (SSSR count). The minimum Gasteiger partial charge on any atom is -0.439 e. The number of hydrogen-bond acceptors (Lipinski definition) is 4. The van der Waals surface area contributed by atoms with Crippen LogP contribution in [0.2, 0.25) is 0 Å². The molecule has 3 aromatic rings. The lowest BCUT2D eigenvalue weighted by Gasteiger charge is -2.16. The van der Waals surface area contributed by atoms with Gasteiger partial charge in [0.2, 0.25) is 5.88 Å². The Morgan fingerprint density at radius 1 is 0.958 bits per heavy atom. The van der Waals surface area contributed by atoms with Crippen LogP contribution in [0.4, 0.5) is 5.69 Å². The predicted octanol–water partition coefficient (Wildman–Crippen LogP) is 3.58. The quantitative estimate of drug-likeness (QED) is 0.732. The van der Waals surface area contributed by atoms with E-state index in [1.165, 1.54) is 4.31 Å². The van der Waals surface area contributed by atoms with E-state index in [1.807, 2.05) is 24.3 Å². The number of rotatable bonds is 3. The van der Waals surface area contributed by atoms with Gasteiger partial charge in [-0.25, -0.2) is 13.4 Å². The van der Waals surface area contributed by atoms with Crippen LogP contribution in [0.15, 0.2) is 77.8 Å². The molecular formula is C18H14N2O3S. The Kier molecular flexibility index (Phi) is 3.46. The first kappa shape index (κ1) is 14.7. The van der Waals surface area contributed by atoms with Crippen LogP contribution in [0.5, 0.6) is 11.6 Å². The van der Waals surface area contributed by atoms with Gasteiger partial charge in [-0.15, -0.1) is 0 Å². The van der Waals surface area contributed by atoms with E-state index in [4.69, 9.17) is 4.74 Å². The van der Waals surface area contributed by atoms with E-state index in [-0.39, 0.29) is 0 Å². The van der Waals surface area contributed by atoms with Gasteiger partial charge in [0.15, 0.2) is 0 Å². The summed E-state index contributed by atoms with van der Waals surface area (Å²) in [6.07, 6.45) is 1.64. The Morgan fingerprint density at radius 2 is 1.75 bits per heavy atom. The van der Waals surface area contributed by atoms with Crippen molar-refractivity contribution in [2.75, 3.05) is 4.31 Å². The highest BCUT2D eigenvalue weighted by Gasteiger charge is 2.34. The molecule has 120 valence electrons. The number of ether oxygens (including phenoxy) is 1. The summed E-state index contributed by atoms with van der Waals surface area (Å²) in [5.74, 6) is 1.04.